The minimum Gasteiger partial charge on any atom is -0.465 e. The van der Waals surface area contributed by atoms with Crippen molar-refractivity contribution in [3.05, 3.63) is 31.9 Å². The summed E-state index contributed by atoms with van der Waals surface area (Å²) in [5.74, 6) is -1.89. The number of aromatic nitrogens is 2. The fourth-order valence-corrected chi connectivity index (χ4v) is 4.15. The maximum atomic E-state index is 12.8. The smallest absolute Gasteiger partial charge is 0.348 e. The Morgan fingerprint density at radius 1 is 1.24 bits per heavy atom. The van der Waals surface area contributed by atoms with Crippen molar-refractivity contribution in [3.63, 3.8) is 0 Å². The van der Waals surface area contributed by atoms with Crippen LogP contribution in [0.15, 0.2) is 4.47 Å². The van der Waals surface area contributed by atoms with Gasteiger partial charge in [0, 0.05) is 5.69 Å². The number of carbonyl (C=O) groups is 3. The van der Waals surface area contributed by atoms with Gasteiger partial charge < -0.3 is 14.8 Å². The fraction of sp³-hybridized carbons (Fsp3) is 0.474. The van der Waals surface area contributed by atoms with Crippen molar-refractivity contribution < 1.29 is 23.9 Å². The fourth-order valence-electron chi connectivity index (χ4n) is 2.77. The molecular weight excluding hydrogens is 462 g/mol. The van der Waals surface area contributed by atoms with E-state index in [0.29, 0.717) is 12.1 Å². The van der Waals surface area contributed by atoms with Crippen molar-refractivity contribution in [2.75, 3.05) is 19.0 Å². The zero-order valence-corrected chi connectivity index (χ0v) is 19.6. The van der Waals surface area contributed by atoms with Crippen LogP contribution in [0.25, 0.3) is 0 Å². The number of hydrogen-bond acceptors (Lipinski definition) is 7. The molecule has 0 spiro atoms. The zero-order chi connectivity index (χ0) is 21.9. The van der Waals surface area contributed by atoms with Crippen LogP contribution >= 0.6 is 27.3 Å². The maximum absolute atomic E-state index is 12.8. The van der Waals surface area contributed by atoms with Crippen molar-refractivity contribution in [2.24, 2.45) is 5.92 Å². The Kier molecular flexibility index (Phi) is 7.59. The van der Waals surface area contributed by atoms with E-state index in [9.17, 15) is 14.4 Å². The number of rotatable bonds is 7. The monoisotopic (exact) mass is 485 g/mol. The molecule has 0 aliphatic carbocycles. The molecule has 8 nitrogen and oxygen atoms in total. The molecule has 0 aliphatic heterocycles. The normalized spacial score (nSPS) is 11.8. The quantitative estimate of drug-likeness (QED) is 0.597. The van der Waals surface area contributed by atoms with Crippen LogP contribution in [-0.2, 0) is 20.8 Å². The average Bonchev–Trinajstić information content (AvgIpc) is 3.12. The minimum atomic E-state index is -0.625. The summed E-state index contributed by atoms with van der Waals surface area (Å²) in [6, 6.07) is 0. The van der Waals surface area contributed by atoms with Crippen LogP contribution in [0.5, 0.6) is 0 Å². The van der Waals surface area contributed by atoms with Crippen molar-refractivity contribution in [1.82, 2.24) is 9.78 Å². The van der Waals surface area contributed by atoms with Crippen LogP contribution in [0, 0.1) is 26.7 Å². The highest BCUT2D eigenvalue weighted by molar-refractivity contribution is 9.10. The summed E-state index contributed by atoms with van der Waals surface area (Å²) in [4.78, 5) is 37.5. The summed E-state index contributed by atoms with van der Waals surface area (Å²) in [6.45, 7) is 9.47. The number of hydrogen-bond donors (Lipinski definition) is 1. The molecule has 158 valence electrons. The molecule has 2 heterocycles. The Labute approximate surface area is 181 Å². The van der Waals surface area contributed by atoms with Crippen molar-refractivity contribution in [3.8, 4) is 0 Å². The number of aryl methyl sites for hydroxylation is 1. The van der Waals surface area contributed by atoms with Crippen LogP contribution < -0.4 is 5.32 Å². The molecular formula is C19H24BrN3O5S. The van der Waals surface area contributed by atoms with Gasteiger partial charge >= 0.3 is 11.9 Å². The van der Waals surface area contributed by atoms with Crippen LogP contribution in [-0.4, -0.2) is 41.3 Å². The Morgan fingerprint density at radius 2 is 1.90 bits per heavy atom. The van der Waals surface area contributed by atoms with Gasteiger partial charge in [0.15, 0.2) is 0 Å². The molecule has 0 fully saturated rings. The molecule has 2 aromatic rings. The number of carbonyl (C=O) groups excluding carboxylic acids is 3. The lowest BCUT2D eigenvalue weighted by molar-refractivity contribution is -0.119. The number of nitrogens with zero attached hydrogens (tertiary/aromatic N) is 2. The summed E-state index contributed by atoms with van der Waals surface area (Å²) < 4.78 is 12.5. The number of ether oxygens (including phenoxy) is 2. The number of nitrogens with one attached hydrogen (secondary N) is 1. The lowest BCUT2D eigenvalue weighted by atomic mass is 10.1. The van der Waals surface area contributed by atoms with Gasteiger partial charge in [-0.2, -0.15) is 5.10 Å². The number of amides is 1. The van der Waals surface area contributed by atoms with E-state index in [2.05, 4.69) is 26.3 Å². The van der Waals surface area contributed by atoms with Crippen molar-refractivity contribution in [1.29, 1.82) is 0 Å². The van der Waals surface area contributed by atoms with E-state index in [-0.39, 0.29) is 28.0 Å². The molecule has 0 saturated carbocycles. The highest BCUT2D eigenvalue weighted by Crippen LogP contribution is 2.34. The average molecular weight is 486 g/mol. The predicted octanol–water partition coefficient (Wildman–Crippen LogP) is 3.87. The molecule has 0 aliphatic rings. The second-order valence-electron chi connectivity index (χ2n) is 6.53. The number of thiophene rings is 1. The molecule has 1 unspecified atom stereocenters. The van der Waals surface area contributed by atoms with Gasteiger partial charge in [0.2, 0.25) is 5.91 Å². The van der Waals surface area contributed by atoms with E-state index in [1.165, 1.54) is 7.11 Å². The molecule has 0 aromatic carbocycles. The summed E-state index contributed by atoms with van der Waals surface area (Å²) in [5.41, 5.74) is 2.35. The van der Waals surface area contributed by atoms with Crippen molar-refractivity contribution >= 4 is 50.1 Å². The highest BCUT2D eigenvalue weighted by Gasteiger charge is 2.28. The minimum absolute atomic E-state index is 0.162. The predicted molar refractivity (Wildman–Crippen MR) is 114 cm³/mol. The SMILES string of the molecule is CCOC(=O)c1sc(NC(=O)C(C)Cn2nc(C)c(Br)c2C)c(C(=O)OC)c1C. The maximum Gasteiger partial charge on any atom is 0.348 e. The summed E-state index contributed by atoms with van der Waals surface area (Å²) in [7, 11) is 1.25. The van der Waals surface area contributed by atoms with Crippen LogP contribution in [0.2, 0.25) is 0 Å². The summed E-state index contributed by atoms with van der Waals surface area (Å²) in [5, 5.41) is 7.45. The van der Waals surface area contributed by atoms with E-state index in [1.807, 2.05) is 13.8 Å². The topological polar surface area (TPSA) is 99.5 Å². The molecule has 0 saturated heterocycles. The first-order valence-electron chi connectivity index (χ1n) is 9.01. The van der Waals surface area contributed by atoms with Gasteiger partial charge in [-0.25, -0.2) is 9.59 Å². The summed E-state index contributed by atoms with van der Waals surface area (Å²) >= 11 is 4.48. The van der Waals surface area contributed by atoms with Gasteiger partial charge in [0.05, 0.1) is 41.9 Å². The number of methoxy groups -OCH3 is 1. The summed E-state index contributed by atoms with van der Waals surface area (Å²) in [6.07, 6.45) is 0. The molecule has 1 N–H and O–H groups in total. The molecule has 2 rings (SSSR count). The van der Waals surface area contributed by atoms with E-state index in [4.69, 9.17) is 9.47 Å². The zero-order valence-electron chi connectivity index (χ0n) is 17.2. The molecule has 0 radical (unpaired) electrons. The number of esters is 2. The number of halogens is 1. The standard InChI is InChI=1S/C19H24BrN3O5S/c1-7-28-19(26)15-10(3)13(18(25)27-6)17(29-15)21-16(24)9(2)8-23-12(5)14(20)11(4)22-23/h9H,7-8H2,1-6H3,(H,21,24). The van der Waals surface area contributed by atoms with Gasteiger partial charge in [0.1, 0.15) is 9.88 Å². The van der Waals surface area contributed by atoms with E-state index in [1.54, 1.807) is 25.5 Å². The van der Waals surface area contributed by atoms with Gasteiger partial charge in [-0.3, -0.25) is 9.48 Å². The molecule has 1 amide bonds. The first-order chi connectivity index (χ1) is 13.6. The molecule has 0 bridgehead atoms. The lowest BCUT2D eigenvalue weighted by Crippen LogP contribution is -2.25. The third-order valence-corrected chi connectivity index (χ3v) is 6.76. The molecule has 29 heavy (non-hydrogen) atoms. The molecule has 1 atom stereocenters. The second-order valence-corrected chi connectivity index (χ2v) is 8.34. The Balaban J connectivity index is 2.28. The second kappa shape index (κ2) is 9.53. The first kappa shape index (κ1) is 23.1. The van der Waals surface area contributed by atoms with E-state index < -0.39 is 17.9 Å². The lowest BCUT2D eigenvalue weighted by Gasteiger charge is -2.13. The number of anilines is 1. The van der Waals surface area contributed by atoms with Crippen molar-refractivity contribution in [2.45, 2.75) is 41.2 Å². The van der Waals surface area contributed by atoms with Crippen LogP contribution in [0.4, 0.5) is 5.00 Å². The Hall–Kier alpha value is -2.20. The first-order valence-corrected chi connectivity index (χ1v) is 10.6. The highest BCUT2D eigenvalue weighted by atomic mass is 79.9. The Bertz CT molecular complexity index is 950. The van der Waals surface area contributed by atoms with Crippen LogP contribution in [0.1, 0.15) is 50.8 Å². The molecule has 2 aromatic heterocycles. The van der Waals surface area contributed by atoms with Gasteiger partial charge in [-0.15, -0.1) is 11.3 Å². The van der Waals surface area contributed by atoms with Gasteiger partial charge in [-0.05, 0) is 49.2 Å². The van der Waals surface area contributed by atoms with Crippen LogP contribution in [0.3, 0.4) is 0 Å². The van der Waals surface area contributed by atoms with E-state index >= 15 is 0 Å². The third-order valence-electron chi connectivity index (χ3n) is 4.42. The molecule has 10 heteroatoms. The van der Waals surface area contributed by atoms with Gasteiger partial charge in [0.25, 0.3) is 0 Å². The largest absolute Gasteiger partial charge is 0.465 e. The van der Waals surface area contributed by atoms with E-state index in [0.717, 1.165) is 27.2 Å². The third kappa shape index (κ3) is 4.87. The van der Waals surface area contributed by atoms with Gasteiger partial charge in [-0.1, -0.05) is 6.92 Å². The Morgan fingerprint density at radius 3 is 2.41 bits per heavy atom.